The monoisotopic (exact) mass is 208 g/mol. The highest BCUT2D eigenvalue weighted by Crippen LogP contribution is 2.28. The third-order valence-electron chi connectivity index (χ3n) is 1.50. The Morgan fingerprint density at radius 2 is 1.92 bits per heavy atom. The highest BCUT2D eigenvalue weighted by Gasteiger charge is 2.40. The fourth-order valence-corrected chi connectivity index (χ4v) is 1.98. The molecular formula is C8H7F3OS. The number of hydrogen-bond donors (Lipinski definition) is 0. The van der Waals surface area contributed by atoms with Gasteiger partial charge in [0, 0.05) is 4.88 Å². The van der Waals surface area contributed by atoms with Crippen LogP contribution < -0.4 is 0 Å². The van der Waals surface area contributed by atoms with Gasteiger partial charge in [0.05, 0.1) is 4.88 Å². The van der Waals surface area contributed by atoms with Gasteiger partial charge in [0.2, 0.25) is 0 Å². The van der Waals surface area contributed by atoms with Crippen molar-refractivity contribution in [3.8, 4) is 0 Å². The number of alkyl halides is 3. The Labute approximate surface area is 77.2 Å². The first-order valence-electron chi connectivity index (χ1n) is 3.51. The summed E-state index contributed by atoms with van der Waals surface area (Å²) >= 11 is 0.880. The van der Waals surface area contributed by atoms with Crippen molar-refractivity contribution in [2.45, 2.75) is 20.0 Å². The molecule has 0 bridgehead atoms. The minimum atomic E-state index is -4.76. The van der Waals surface area contributed by atoms with Crippen molar-refractivity contribution in [1.29, 1.82) is 0 Å². The normalized spacial score (nSPS) is 11.8. The van der Waals surface area contributed by atoms with E-state index < -0.39 is 12.0 Å². The van der Waals surface area contributed by atoms with Gasteiger partial charge in [0.15, 0.2) is 0 Å². The van der Waals surface area contributed by atoms with Gasteiger partial charge in [-0.05, 0) is 25.5 Å². The Balaban J connectivity index is 3.09. The molecule has 0 aromatic carbocycles. The van der Waals surface area contributed by atoms with Gasteiger partial charge in [-0.15, -0.1) is 11.3 Å². The SMILES string of the molecule is Cc1cc(C)c(C(=O)C(F)(F)F)s1. The van der Waals surface area contributed by atoms with Crippen molar-refractivity contribution in [2.24, 2.45) is 0 Å². The topological polar surface area (TPSA) is 17.1 Å². The summed E-state index contributed by atoms with van der Waals surface area (Å²) in [5.41, 5.74) is 0.393. The van der Waals surface area contributed by atoms with Crippen LogP contribution in [0, 0.1) is 13.8 Å². The van der Waals surface area contributed by atoms with E-state index in [-0.39, 0.29) is 4.88 Å². The molecule has 13 heavy (non-hydrogen) atoms. The van der Waals surface area contributed by atoms with Gasteiger partial charge in [0.1, 0.15) is 0 Å². The Hall–Kier alpha value is -0.840. The molecule has 1 aromatic rings. The van der Waals surface area contributed by atoms with E-state index in [4.69, 9.17) is 0 Å². The molecule has 0 amide bonds. The number of hydrogen-bond acceptors (Lipinski definition) is 2. The van der Waals surface area contributed by atoms with Gasteiger partial charge in [-0.3, -0.25) is 4.79 Å². The zero-order valence-electron chi connectivity index (χ0n) is 7.03. The molecular weight excluding hydrogens is 201 g/mol. The summed E-state index contributed by atoms with van der Waals surface area (Å²) in [7, 11) is 0. The second-order valence-electron chi connectivity index (χ2n) is 2.70. The van der Waals surface area contributed by atoms with E-state index in [1.807, 2.05) is 0 Å². The van der Waals surface area contributed by atoms with Crippen molar-refractivity contribution in [2.75, 3.05) is 0 Å². The maximum absolute atomic E-state index is 12.0. The van der Waals surface area contributed by atoms with Crippen LogP contribution in [0.5, 0.6) is 0 Å². The van der Waals surface area contributed by atoms with Gasteiger partial charge in [-0.25, -0.2) is 0 Å². The molecule has 1 nitrogen and oxygen atoms in total. The first-order valence-corrected chi connectivity index (χ1v) is 4.32. The fraction of sp³-hybridized carbons (Fsp3) is 0.375. The molecule has 0 aliphatic heterocycles. The Bertz CT molecular complexity index is 338. The summed E-state index contributed by atoms with van der Waals surface area (Å²) in [6.45, 7) is 3.17. The highest BCUT2D eigenvalue weighted by atomic mass is 32.1. The number of ketones is 1. The molecule has 0 aliphatic rings. The molecule has 72 valence electrons. The van der Waals surface area contributed by atoms with Crippen LogP contribution in [-0.4, -0.2) is 12.0 Å². The lowest BCUT2D eigenvalue weighted by atomic mass is 10.2. The van der Waals surface area contributed by atoms with Crippen LogP contribution in [0.4, 0.5) is 13.2 Å². The number of aryl methyl sites for hydroxylation is 2. The van der Waals surface area contributed by atoms with Crippen molar-refractivity contribution < 1.29 is 18.0 Å². The first-order chi connectivity index (χ1) is 5.82. The van der Waals surface area contributed by atoms with Gasteiger partial charge in [-0.1, -0.05) is 0 Å². The maximum atomic E-state index is 12.0. The lowest BCUT2D eigenvalue weighted by molar-refractivity contribution is -0.0882. The number of halogens is 3. The third kappa shape index (κ3) is 2.09. The van der Waals surface area contributed by atoms with E-state index in [1.54, 1.807) is 13.0 Å². The first kappa shape index (κ1) is 10.2. The van der Waals surface area contributed by atoms with Crippen LogP contribution in [0.1, 0.15) is 20.1 Å². The predicted octanol–water partition coefficient (Wildman–Crippen LogP) is 3.11. The molecule has 0 radical (unpaired) electrons. The molecule has 1 aromatic heterocycles. The smallest absolute Gasteiger partial charge is 0.283 e. The summed E-state index contributed by atoms with van der Waals surface area (Å²) in [4.78, 5) is 11.3. The minimum Gasteiger partial charge on any atom is -0.283 e. The molecule has 0 saturated heterocycles. The second kappa shape index (κ2) is 3.14. The van der Waals surface area contributed by atoms with Crippen molar-refractivity contribution in [1.82, 2.24) is 0 Å². The van der Waals surface area contributed by atoms with Crippen molar-refractivity contribution in [3.63, 3.8) is 0 Å². The van der Waals surface area contributed by atoms with Crippen LogP contribution in [0.3, 0.4) is 0 Å². The second-order valence-corrected chi connectivity index (χ2v) is 3.95. The number of Topliss-reactive ketones (excluding diaryl/α,β-unsaturated/α-hetero) is 1. The molecule has 0 fully saturated rings. The predicted molar refractivity (Wildman–Crippen MR) is 44.2 cm³/mol. The summed E-state index contributed by atoms with van der Waals surface area (Å²) in [5.74, 6) is -1.75. The van der Waals surface area contributed by atoms with Gasteiger partial charge < -0.3 is 0 Å². The number of rotatable bonds is 1. The van der Waals surface area contributed by atoms with Crippen LogP contribution in [0.15, 0.2) is 6.07 Å². The molecule has 1 rings (SSSR count). The largest absolute Gasteiger partial charge is 0.455 e. The van der Waals surface area contributed by atoms with E-state index in [0.29, 0.717) is 10.4 Å². The van der Waals surface area contributed by atoms with Crippen LogP contribution in [-0.2, 0) is 0 Å². The molecule has 1 heterocycles. The van der Waals surface area contributed by atoms with Crippen molar-refractivity contribution in [3.05, 3.63) is 21.4 Å². The molecule has 5 heteroatoms. The third-order valence-corrected chi connectivity index (χ3v) is 2.66. The number of thiophene rings is 1. The van der Waals surface area contributed by atoms with Crippen LogP contribution in [0.25, 0.3) is 0 Å². The highest BCUT2D eigenvalue weighted by molar-refractivity contribution is 7.14. The average Bonchev–Trinajstić information content (AvgIpc) is 2.26. The molecule has 0 spiro atoms. The van der Waals surface area contributed by atoms with Gasteiger partial charge in [0.25, 0.3) is 5.78 Å². The summed E-state index contributed by atoms with van der Waals surface area (Å²) < 4.78 is 35.9. The zero-order chi connectivity index (χ0) is 10.2. The molecule has 0 aliphatic carbocycles. The molecule has 0 unspecified atom stereocenters. The summed E-state index contributed by atoms with van der Waals surface area (Å²) in [6, 6.07) is 1.57. The van der Waals surface area contributed by atoms with E-state index in [1.165, 1.54) is 6.92 Å². The number of carbonyl (C=O) groups excluding carboxylic acids is 1. The minimum absolute atomic E-state index is 0.204. The standard InChI is InChI=1S/C8H7F3OS/c1-4-3-5(2)13-6(4)7(12)8(9,10)11/h3H,1-2H3. The maximum Gasteiger partial charge on any atom is 0.455 e. The van der Waals surface area contributed by atoms with Crippen LogP contribution >= 0.6 is 11.3 Å². The van der Waals surface area contributed by atoms with E-state index in [2.05, 4.69) is 0 Å². The average molecular weight is 208 g/mol. The van der Waals surface area contributed by atoms with E-state index in [0.717, 1.165) is 11.3 Å². The lowest BCUT2D eigenvalue weighted by Crippen LogP contribution is -2.22. The van der Waals surface area contributed by atoms with E-state index >= 15 is 0 Å². The fourth-order valence-electron chi connectivity index (χ4n) is 0.996. The Kier molecular flexibility index (Phi) is 2.47. The van der Waals surface area contributed by atoms with Gasteiger partial charge in [-0.2, -0.15) is 13.2 Å². The number of carbonyl (C=O) groups is 1. The van der Waals surface area contributed by atoms with Crippen LogP contribution in [0.2, 0.25) is 0 Å². The van der Waals surface area contributed by atoms with Crippen molar-refractivity contribution >= 4 is 17.1 Å². The van der Waals surface area contributed by atoms with E-state index in [9.17, 15) is 18.0 Å². The molecule has 0 N–H and O–H groups in total. The quantitative estimate of drug-likeness (QED) is 0.648. The Morgan fingerprint density at radius 1 is 1.38 bits per heavy atom. The zero-order valence-corrected chi connectivity index (χ0v) is 7.84. The van der Waals surface area contributed by atoms with Gasteiger partial charge >= 0.3 is 6.18 Å². The summed E-state index contributed by atoms with van der Waals surface area (Å²) in [6.07, 6.45) is -4.76. The molecule has 0 saturated carbocycles. The molecule has 0 atom stereocenters. The summed E-state index contributed by atoms with van der Waals surface area (Å²) in [5, 5.41) is 0. The lowest BCUT2D eigenvalue weighted by Gasteiger charge is -2.02. The Morgan fingerprint density at radius 3 is 2.23 bits per heavy atom.